The molecular weight excluding hydrogens is 582 g/mol. The molecule has 0 bridgehead atoms. The topological polar surface area (TPSA) is 183 Å². The molecule has 0 saturated carbocycles. The molecule has 14 nitrogen and oxygen atoms in total. The van der Waals surface area contributed by atoms with Gasteiger partial charge in [-0.1, -0.05) is 47.6 Å². The molecule has 45 heavy (non-hydrogen) atoms. The van der Waals surface area contributed by atoms with Gasteiger partial charge in [-0.05, 0) is 62.9 Å². The fraction of sp³-hybridized carbons (Fsp3) is 0.516. The fourth-order valence-corrected chi connectivity index (χ4v) is 4.98. The lowest BCUT2D eigenvalue weighted by Crippen LogP contribution is -2.56. The zero-order chi connectivity index (χ0) is 33.5. The SMILES string of the molecule is COC(=O)[C@H](Cc1ccc2ccccc2c1)NC(=O)[C@@H]1C[C@H](N=[N+]=[N-])CN1C(=O)[C@H](C)NC(=O)[C@H](C)N(C)C(=O)OC(C)(C)C. The molecule has 0 spiro atoms. The number of likely N-dealkylation sites (N-methyl/N-ethyl adjacent to an activating group) is 1. The van der Waals surface area contributed by atoms with Crippen LogP contribution in [0, 0.1) is 0 Å². The lowest BCUT2D eigenvalue weighted by atomic mass is 10.0. The van der Waals surface area contributed by atoms with Crippen molar-refractivity contribution in [1.82, 2.24) is 20.4 Å². The Balaban J connectivity index is 1.74. The monoisotopic (exact) mass is 623 g/mol. The molecule has 1 heterocycles. The Morgan fingerprint density at radius 3 is 2.38 bits per heavy atom. The van der Waals surface area contributed by atoms with Crippen LogP contribution in [0.15, 0.2) is 47.6 Å². The summed E-state index contributed by atoms with van der Waals surface area (Å²) in [6.45, 7) is 7.98. The first kappa shape index (κ1) is 34.6. The Morgan fingerprint density at radius 1 is 1.09 bits per heavy atom. The Morgan fingerprint density at radius 2 is 1.76 bits per heavy atom. The third-order valence-electron chi connectivity index (χ3n) is 7.51. The van der Waals surface area contributed by atoms with Gasteiger partial charge in [0.2, 0.25) is 17.7 Å². The van der Waals surface area contributed by atoms with Gasteiger partial charge in [-0.3, -0.25) is 19.3 Å². The number of nitrogens with zero attached hydrogens (tertiary/aromatic N) is 5. The average molecular weight is 624 g/mol. The predicted octanol–water partition coefficient (Wildman–Crippen LogP) is 3.08. The van der Waals surface area contributed by atoms with E-state index in [2.05, 4.69) is 20.7 Å². The molecular formula is C31H41N7O7. The lowest BCUT2D eigenvalue weighted by molar-refractivity contribution is -0.146. The molecule has 0 unspecified atom stereocenters. The number of fused-ring (bicyclic) bond motifs is 1. The Labute approximate surface area is 262 Å². The number of hydrogen-bond donors (Lipinski definition) is 2. The van der Waals surface area contributed by atoms with Gasteiger partial charge in [0.25, 0.3) is 0 Å². The molecule has 14 heteroatoms. The number of amides is 4. The number of azide groups is 1. The number of esters is 1. The molecule has 0 radical (unpaired) electrons. The van der Waals surface area contributed by atoms with Gasteiger partial charge < -0.3 is 25.0 Å². The van der Waals surface area contributed by atoms with E-state index < -0.39 is 65.6 Å². The summed E-state index contributed by atoms with van der Waals surface area (Å²) in [7, 11) is 2.63. The summed E-state index contributed by atoms with van der Waals surface area (Å²) in [4.78, 5) is 70.4. The van der Waals surface area contributed by atoms with Crippen molar-refractivity contribution in [3.8, 4) is 0 Å². The molecule has 0 aromatic heterocycles. The summed E-state index contributed by atoms with van der Waals surface area (Å²) in [5.74, 6) is -2.51. The number of carbonyl (C=O) groups excluding carboxylic acids is 5. The Hall–Kier alpha value is -4.84. The average Bonchev–Trinajstić information content (AvgIpc) is 3.42. The first-order valence-corrected chi connectivity index (χ1v) is 14.6. The van der Waals surface area contributed by atoms with E-state index in [1.807, 2.05) is 42.5 Å². The Kier molecular flexibility index (Phi) is 11.4. The minimum absolute atomic E-state index is 0.0178. The smallest absolute Gasteiger partial charge is 0.410 e. The van der Waals surface area contributed by atoms with E-state index in [9.17, 15) is 24.0 Å². The molecule has 3 rings (SSSR count). The summed E-state index contributed by atoms with van der Waals surface area (Å²) in [5, 5.41) is 11.0. The number of rotatable bonds is 10. The standard InChI is InChI=1S/C31H41N7O7/c1-18(33-26(39)19(2)37(6)30(43)45-31(3,4)5)28(41)38-17-23(35-36-32)16-25(38)27(40)34-24(29(42)44-7)15-20-12-13-21-10-8-9-11-22(21)14-20/h8-14,18-19,23-25H,15-17H2,1-7H3,(H,33,39)(H,34,40)/t18-,19-,23-,24-,25-/m0/s1. The molecule has 1 fully saturated rings. The van der Waals surface area contributed by atoms with Gasteiger partial charge in [0, 0.05) is 24.9 Å². The van der Waals surface area contributed by atoms with Crippen molar-refractivity contribution in [2.24, 2.45) is 5.11 Å². The lowest BCUT2D eigenvalue weighted by Gasteiger charge is -2.30. The van der Waals surface area contributed by atoms with Crippen molar-refractivity contribution >= 4 is 40.6 Å². The van der Waals surface area contributed by atoms with Crippen molar-refractivity contribution < 1.29 is 33.4 Å². The van der Waals surface area contributed by atoms with Crippen LogP contribution in [-0.2, 0) is 35.1 Å². The van der Waals surface area contributed by atoms with E-state index in [1.165, 1.54) is 32.9 Å². The summed E-state index contributed by atoms with van der Waals surface area (Å²) in [5.41, 5.74) is 9.04. The van der Waals surface area contributed by atoms with Crippen molar-refractivity contribution in [3.63, 3.8) is 0 Å². The quantitative estimate of drug-likeness (QED) is 0.176. The minimum Gasteiger partial charge on any atom is -0.467 e. The number of benzene rings is 2. The van der Waals surface area contributed by atoms with Gasteiger partial charge in [-0.15, -0.1) is 0 Å². The highest BCUT2D eigenvalue weighted by atomic mass is 16.6. The molecule has 4 amide bonds. The largest absolute Gasteiger partial charge is 0.467 e. The summed E-state index contributed by atoms with van der Waals surface area (Å²) in [6.07, 6.45) is -0.551. The number of nitrogens with one attached hydrogen (secondary N) is 2. The molecule has 1 saturated heterocycles. The maximum absolute atomic E-state index is 13.6. The van der Waals surface area contributed by atoms with Crippen LogP contribution in [0.25, 0.3) is 21.2 Å². The third-order valence-corrected chi connectivity index (χ3v) is 7.51. The van der Waals surface area contributed by atoms with Crippen LogP contribution in [0.4, 0.5) is 4.79 Å². The van der Waals surface area contributed by atoms with Crippen molar-refractivity contribution in [1.29, 1.82) is 0 Å². The van der Waals surface area contributed by atoms with Crippen LogP contribution in [0.5, 0.6) is 0 Å². The Bertz CT molecular complexity index is 1480. The van der Waals surface area contributed by atoms with Crippen LogP contribution >= 0.6 is 0 Å². The van der Waals surface area contributed by atoms with Gasteiger partial charge >= 0.3 is 12.1 Å². The van der Waals surface area contributed by atoms with Gasteiger partial charge in [0.15, 0.2) is 0 Å². The van der Waals surface area contributed by atoms with Gasteiger partial charge in [-0.25, -0.2) is 9.59 Å². The van der Waals surface area contributed by atoms with E-state index in [-0.39, 0.29) is 19.4 Å². The summed E-state index contributed by atoms with van der Waals surface area (Å²) >= 11 is 0. The van der Waals surface area contributed by atoms with E-state index >= 15 is 0 Å². The number of carbonyl (C=O) groups is 5. The molecule has 2 N–H and O–H groups in total. The molecule has 1 aliphatic heterocycles. The van der Waals surface area contributed by atoms with Gasteiger partial charge in [0.1, 0.15) is 29.8 Å². The van der Waals surface area contributed by atoms with E-state index in [0.29, 0.717) is 0 Å². The molecule has 242 valence electrons. The van der Waals surface area contributed by atoms with E-state index in [1.54, 1.807) is 20.8 Å². The van der Waals surface area contributed by atoms with Crippen LogP contribution in [0.3, 0.4) is 0 Å². The molecule has 2 aromatic carbocycles. The first-order chi connectivity index (χ1) is 21.1. The number of ether oxygens (including phenoxy) is 2. The normalized spacial score (nSPS) is 18.2. The predicted molar refractivity (Wildman–Crippen MR) is 166 cm³/mol. The highest BCUT2D eigenvalue weighted by Gasteiger charge is 2.42. The number of likely N-dealkylation sites (tertiary alicyclic amines) is 1. The van der Waals surface area contributed by atoms with Gasteiger partial charge in [-0.2, -0.15) is 0 Å². The first-order valence-electron chi connectivity index (χ1n) is 14.6. The maximum atomic E-state index is 13.6. The van der Waals surface area contributed by atoms with Crippen LogP contribution < -0.4 is 10.6 Å². The summed E-state index contributed by atoms with van der Waals surface area (Å²) < 4.78 is 10.3. The van der Waals surface area contributed by atoms with Crippen LogP contribution in [-0.4, -0.2) is 96.1 Å². The molecule has 0 aliphatic carbocycles. The van der Waals surface area contributed by atoms with Crippen LogP contribution in [0.1, 0.15) is 46.6 Å². The second-order valence-electron chi connectivity index (χ2n) is 12.1. The third kappa shape index (κ3) is 9.08. The molecule has 2 aromatic rings. The van der Waals surface area contributed by atoms with Gasteiger partial charge in [0.05, 0.1) is 13.2 Å². The second kappa shape index (κ2) is 14.8. The van der Waals surface area contributed by atoms with E-state index in [4.69, 9.17) is 15.0 Å². The molecule has 5 atom stereocenters. The highest BCUT2D eigenvalue weighted by molar-refractivity contribution is 5.95. The zero-order valence-electron chi connectivity index (χ0n) is 26.6. The molecule has 1 aliphatic rings. The highest BCUT2D eigenvalue weighted by Crippen LogP contribution is 2.23. The minimum atomic E-state index is -1.10. The van der Waals surface area contributed by atoms with E-state index in [0.717, 1.165) is 21.2 Å². The second-order valence-corrected chi connectivity index (χ2v) is 12.1. The van der Waals surface area contributed by atoms with Crippen LogP contribution in [0.2, 0.25) is 0 Å². The van der Waals surface area contributed by atoms with Crippen molar-refractivity contribution in [3.05, 3.63) is 58.5 Å². The number of hydrogen-bond acceptors (Lipinski definition) is 8. The zero-order valence-corrected chi connectivity index (χ0v) is 26.6. The van der Waals surface area contributed by atoms with Crippen molar-refractivity contribution in [2.75, 3.05) is 20.7 Å². The maximum Gasteiger partial charge on any atom is 0.410 e. The fourth-order valence-electron chi connectivity index (χ4n) is 4.98. The number of methoxy groups -OCH3 is 1. The van der Waals surface area contributed by atoms with Crippen molar-refractivity contribution in [2.45, 2.75) is 83.3 Å². The summed E-state index contributed by atoms with van der Waals surface area (Å²) in [6, 6.07) is 8.53.